The SMILES string of the molecule is [2H]c1c([2H])c([2H])c2c(c1[2H])c1c([2H])c(-c3ccccc3)c([2H])c([2H])c1n2-c1ccc2c(c1)N(c1c(-c3ccccc3)cc(C(C)(C)C)cc1-c1ccccc1)c1cc(C(C)(C)C)cc3c1B2c1cc(-c2cccc(-c4ccccc4)c2)ccc1N3c1c(-c2ccccc2)cc(C(C)(C)C)cc1-c1cc2ccccc2c2ccccc12. The molecule has 0 N–H and O–H groups in total. The van der Waals surface area contributed by atoms with Gasteiger partial charge in [0.2, 0.25) is 0 Å². The summed E-state index contributed by atoms with van der Waals surface area (Å²) in [6.45, 7) is 20.2. The Kier molecular flexibility index (Phi) is 13.9. The van der Waals surface area contributed by atoms with Gasteiger partial charge in [-0.15, -0.1) is 0 Å². The molecule has 3 heterocycles. The van der Waals surface area contributed by atoms with E-state index in [1.54, 1.807) is 4.57 Å². The highest BCUT2D eigenvalue weighted by Crippen LogP contribution is 2.56. The maximum absolute atomic E-state index is 10.4. The van der Waals surface area contributed by atoms with Crippen LogP contribution in [0.25, 0.3) is 127 Å². The summed E-state index contributed by atoms with van der Waals surface area (Å²) in [5.74, 6) is 0. The highest BCUT2D eigenvalue weighted by Gasteiger charge is 2.47. The van der Waals surface area contributed by atoms with Gasteiger partial charge in [0.1, 0.15) is 0 Å². The van der Waals surface area contributed by atoms with Crippen LogP contribution in [0.5, 0.6) is 0 Å². The first-order valence-corrected chi connectivity index (χ1v) is 37.7. The Morgan fingerprint density at radius 1 is 0.278 bits per heavy atom. The molecule has 19 rings (SSSR count). The Labute approximate surface area is 645 Å². The van der Waals surface area contributed by atoms with Crippen molar-refractivity contribution in [3.63, 3.8) is 0 Å². The molecule has 0 saturated heterocycles. The van der Waals surface area contributed by atoms with Gasteiger partial charge in [0.25, 0.3) is 6.71 Å². The molecule has 2 aliphatic heterocycles. The minimum absolute atomic E-state index is 0.0976. The highest BCUT2D eigenvalue weighted by atomic mass is 15.2. The largest absolute Gasteiger partial charge is 0.310 e. The average molecular weight is 1390 g/mol. The van der Waals surface area contributed by atoms with Crippen molar-refractivity contribution in [3.05, 3.63) is 362 Å². The number of anilines is 6. The third kappa shape index (κ3) is 11.2. The molecule has 0 radical (unpaired) electrons. The zero-order chi connectivity index (χ0) is 79.4. The summed E-state index contributed by atoms with van der Waals surface area (Å²) < 4.78 is 71.2. The number of aromatic nitrogens is 1. The number of hydrogen-bond acceptors (Lipinski definition) is 2. The number of para-hydroxylation sites is 1. The lowest BCUT2D eigenvalue weighted by Crippen LogP contribution is -2.61. The van der Waals surface area contributed by atoms with Gasteiger partial charge >= 0.3 is 0 Å². The first kappa shape index (κ1) is 58.7. The molecule has 3 nitrogen and oxygen atoms in total. The predicted molar refractivity (Wildman–Crippen MR) is 464 cm³/mol. The summed E-state index contributed by atoms with van der Waals surface area (Å²) in [6, 6.07) is 107. The molecule has 0 aliphatic carbocycles. The first-order chi connectivity index (χ1) is 55.4. The maximum Gasteiger partial charge on any atom is 0.252 e. The van der Waals surface area contributed by atoms with Crippen molar-refractivity contribution < 1.29 is 9.60 Å². The summed E-state index contributed by atoms with van der Waals surface area (Å²) in [4.78, 5) is 5.15. The molecule has 0 bridgehead atoms. The van der Waals surface area contributed by atoms with E-state index in [0.717, 1.165) is 139 Å². The Morgan fingerprint density at radius 2 is 0.731 bits per heavy atom. The van der Waals surface area contributed by atoms with E-state index in [1.807, 2.05) is 36.4 Å². The van der Waals surface area contributed by atoms with Gasteiger partial charge in [0, 0.05) is 61.5 Å². The summed E-state index contributed by atoms with van der Waals surface area (Å²) in [5, 5.41) is 4.92. The van der Waals surface area contributed by atoms with Crippen molar-refractivity contribution in [1.29, 1.82) is 0 Å². The van der Waals surface area contributed by atoms with E-state index in [0.29, 0.717) is 11.3 Å². The molecular weight excluding hydrogens is 1300 g/mol. The molecule has 2 aliphatic rings. The van der Waals surface area contributed by atoms with Crippen molar-refractivity contribution in [2.45, 2.75) is 78.6 Å². The fourth-order valence-corrected chi connectivity index (χ4v) is 16.9. The highest BCUT2D eigenvalue weighted by molar-refractivity contribution is 7.00. The summed E-state index contributed by atoms with van der Waals surface area (Å²) in [7, 11) is 0. The second-order valence-electron chi connectivity index (χ2n) is 32.3. The second kappa shape index (κ2) is 25.6. The zero-order valence-electron chi connectivity index (χ0n) is 69.3. The number of hydrogen-bond donors (Lipinski definition) is 0. The van der Waals surface area contributed by atoms with Crippen LogP contribution in [-0.2, 0) is 16.2 Å². The van der Waals surface area contributed by atoms with E-state index in [4.69, 9.17) is 0 Å². The van der Waals surface area contributed by atoms with Crippen molar-refractivity contribution in [1.82, 2.24) is 4.57 Å². The lowest BCUT2D eigenvalue weighted by atomic mass is 9.33. The van der Waals surface area contributed by atoms with Crippen LogP contribution in [0.4, 0.5) is 34.1 Å². The molecule has 0 fully saturated rings. The molecule has 1 aromatic heterocycles. The number of rotatable bonds is 10. The van der Waals surface area contributed by atoms with Gasteiger partial charge in [0.05, 0.1) is 32.0 Å². The van der Waals surface area contributed by atoms with E-state index in [9.17, 15) is 9.60 Å². The van der Waals surface area contributed by atoms with Crippen molar-refractivity contribution in [2.75, 3.05) is 9.80 Å². The molecule has 0 spiro atoms. The Morgan fingerprint density at radius 3 is 1.31 bits per heavy atom. The van der Waals surface area contributed by atoms with Crippen LogP contribution in [-0.4, -0.2) is 11.3 Å². The second-order valence-corrected chi connectivity index (χ2v) is 32.3. The normalized spacial score (nSPS) is 13.7. The van der Waals surface area contributed by atoms with Gasteiger partial charge in [0.15, 0.2) is 0 Å². The lowest BCUT2D eigenvalue weighted by Gasteiger charge is -2.47. The van der Waals surface area contributed by atoms with Gasteiger partial charge in [-0.3, -0.25) is 0 Å². The Bertz CT molecular complexity index is 6800. The first-order valence-electron chi connectivity index (χ1n) is 41.2. The molecule has 0 saturated carbocycles. The molecule has 16 aromatic carbocycles. The fraction of sp³-hybridized carbons (Fsp3) is 0.115. The van der Waals surface area contributed by atoms with Crippen molar-refractivity contribution in [2.24, 2.45) is 0 Å². The third-order valence-corrected chi connectivity index (χ3v) is 22.4. The number of nitrogens with zero attached hydrogens (tertiary/aromatic N) is 3. The van der Waals surface area contributed by atoms with Crippen molar-refractivity contribution >= 4 is 101 Å². The van der Waals surface area contributed by atoms with E-state index < -0.39 is 24.2 Å². The van der Waals surface area contributed by atoms with Gasteiger partial charge in [-0.25, -0.2) is 0 Å². The Hall–Kier alpha value is -12.5. The molecule has 0 amide bonds. The topological polar surface area (TPSA) is 11.4 Å². The average Bonchev–Trinajstić information content (AvgIpc) is 0.719. The van der Waals surface area contributed by atoms with Crippen LogP contribution < -0.4 is 26.2 Å². The van der Waals surface area contributed by atoms with Crippen molar-refractivity contribution in [3.8, 4) is 83.6 Å². The molecule has 518 valence electrons. The van der Waals surface area contributed by atoms with E-state index in [-0.39, 0.29) is 68.4 Å². The standard InChI is InChI=1S/C104H84BN3/c1-102(2,3)77-60-85(69-36-19-12-20-37-69)100(86(61-77)70-38-21-13-22-39-70)108-96-66-80(106-93-49-30-29-48-84(93)89-57-74(50-54-94(89)106)68-34-17-11-18-35-68)52-53-91(96)105-92-59-75(73-44-31-43-72(56-73)67-32-15-10-16-33-67)51-55-95(92)107(97-64-79(104(7,8)9)65-98(108)99(97)105)101-87(71-40-23-14-24-41-71)62-78(103(4,5)6)63-90(101)88-58-76-42-25-26-45-81(76)82-46-27-28-47-83(82)88/h10-66H,1-9H3/i29D,30D,48D,49D,50D,54D,57D. The Balaban J connectivity index is 1.02. The molecule has 0 unspecified atom stereocenters. The van der Waals surface area contributed by atoms with Gasteiger partial charge in [-0.05, 0) is 211 Å². The molecular formula is C104H84BN3. The molecule has 0 atom stereocenters. The lowest BCUT2D eigenvalue weighted by molar-refractivity contribution is 0.590. The molecule has 4 heteroatoms. The van der Waals surface area contributed by atoms with Gasteiger partial charge in [-0.2, -0.15) is 0 Å². The van der Waals surface area contributed by atoms with Crippen LogP contribution in [0, 0.1) is 0 Å². The van der Waals surface area contributed by atoms with E-state index in [1.165, 1.54) is 16.3 Å². The van der Waals surface area contributed by atoms with Crippen LogP contribution in [0.3, 0.4) is 0 Å². The maximum atomic E-state index is 10.4. The minimum Gasteiger partial charge on any atom is -0.310 e. The monoisotopic (exact) mass is 1390 g/mol. The molecule has 108 heavy (non-hydrogen) atoms. The fourth-order valence-electron chi connectivity index (χ4n) is 16.9. The van der Waals surface area contributed by atoms with Crippen LogP contribution in [0.2, 0.25) is 0 Å². The van der Waals surface area contributed by atoms with Crippen LogP contribution in [0.1, 0.15) is 88.6 Å². The quantitative estimate of drug-likeness (QED) is 0.0999. The van der Waals surface area contributed by atoms with E-state index in [2.05, 4.69) is 339 Å². The smallest absolute Gasteiger partial charge is 0.252 e. The third-order valence-electron chi connectivity index (χ3n) is 22.4. The predicted octanol–water partition coefficient (Wildman–Crippen LogP) is 26.7. The number of benzene rings is 16. The summed E-state index contributed by atoms with van der Waals surface area (Å²) in [5.41, 5.74) is 25.2. The van der Waals surface area contributed by atoms with E-state index >= 15 is 0 Å². The number of fused-ring (bicyclic) bond motifs is 10. The zero-order valence-corrected chi connectivity index (χ0v) is 62.3. The van der Waals surface area contributed by atoms with Crippen LogP contribution >= 0.6 is 0 Å². The molecule has 17 aromatic rings. The summed E-state index contributed by atoms with van der Waals surface area (Å²) >= 11 is 0. The van der Waals surface area contributed by atoms with Gasteiger partial charge < -0.3 is 14.4 Å². The van der Waals surface area contributed by atoms with Gasteiger partial charge in [-0.1, -0.05) is 323 Å². The summed E-state index contributed by atoms with van der Waals surface area (Å²) in [6.07, 6.45) is 0. The minimum atomic E-state index is -0.508. The van der Waals surface area contributed by atoms with Crippen LogP contribution in [0.15, 0.2) is 346 Å².